The fourth-order valence-corrected chi connectivity index (χ4v) is 2.62. The van der Waals surface area contributed by atoms with Gasteiger partial charge in [-0.3, -0.25) is 9.36 Å². The molecule has 0 unspecified atom stereocenters. The molecule has 0 aliphatic rings. The Morgan fingerprint density at radius 3 is 2.27 bits per heavy atom. The normalized spacial score (nSPS) is 10.6. The second kappa shape index (κ2) is 6.83. The fourth-order valence-electron chi connectivity index (χ4n) is 2.62. The fraction of sp³-hybridized carbons (Fsp3) is 0.222. The summed E-state index contributed by atoms with van der Waals surface area (Å²) in [6.45, 7) is 0. The standard InChI is InChI=1S/C18H18N2O6/c1-20-12-7-10(5-6-13(12)26-18(20)22)17(21)19-11-8-14(23-2)16(25-4)15(9-11)24-3/h5-9H,1-4H3,(H,19,21). The molecule has 0 saturated heterocycles. The second-order valence-corrected chi connectivity index (χ2v) is 5.48. The van der Waals surface area contributed by atoms with Crippen molar-refractivity contribution >= 4 is 22.7 Å². The molecule has 0 saturated carbocycles. The van der Waals surface area contributed by atoms with Crippen molar-refractivity contribution in [3.05, 3.63) is 46.4 Å². The van der Waals surface area contributed by atoms with Gasteiger partial charge in [0, 0.05) is 30.4 Å². The average molecular weight is 358 g/mol. The molecule has 3 rings (SSSR count). The Balaban J connectivity index is 1.95. The zero-order chi connectivity index (χ0) is 18.8. The maximum absolute atomic E-state index is 12.6. The first-order chi connectivity index (χ1) is 12.5. The van der Waals surface area contributed by atoms with E-state index in [0.717, 1.165) is 0 Å². The number of methoxy groups -OCH3 is 3. The summed E-state index contributed by atoms with van der Waals surface area (Å²) in [5.41, 5.74) is 1.81. The molecule has 26 heavy (non-hydrogen) atoms. The van der Waals surface area contributed by atoms with Crippen LogP contribution in [0.15, 0.2) is 39.5 Å². The molecule has 1 heterocycles. The molecule has 0 aliphatic carbocycles. The summed E-state index contributed by atoms with van der Waals surface area (Å²) >= 11 is 0. The summed E-state index contributed by atoms with van der Waals surface area (Å²) in [5, 5.41) is 2.78. The number of oxazole rings is 1. The van der Waals surface area contributed by atoms with Crippen molar-refractivity contribution in [3.63, 3.8) is 0 Å². The molecular formula is C18H18N2O6. The molecule has 136 valence electrons. The highest BCUT2D eigenvalue weighted by Crippen LogP contribution is 2.40. The number of anilines is 1. The number of hydrogen-bond acceptors (Lipinski definition) is 6. The predicted molar refractivity (Wildman–Crippen MR) is 95.5 cm³/mol. The van der Waals surface area contributed by atoms with Crippen LogP contribution in [0.25, 0.3) is 11.1 Å². The van der Waals surface area contributed by atoms with Gasteiger partial charge >= 0.3 is 5.76 Å². The van der Waals surface area contributed by atoms with Gasteiger partial charge in [-0.1, -0.05) is 0 Å². The molecule has 1 N–H and O–H groups in total. The Morgan fingerprint density at radius 2 is 1.69 bits per heavy atom. The van der Waals surface area contributed by atoms with Crippen molar-refractivity contribution in [2.75, 3.05) is 26.6 Å². The molecule has 2 aromatic carbocycles. The summed E-state index contributed by atoms with van der Waals surface area (Å²) < 4.78 is 22.2. The van der Waals surface area contributed by atoms with Gasteiger partial charge in [0.05, 0.1) is 26.8 Å². The van der Waals surface area contributed by atoms with E-state index in [1.807, 2.05) is 0 Å². The maximum Gasteiger partial charge on any atom is 0.419 e. The van der Waals surface area contributed by atoms with E-state index in [9.17, 15) is 9.59 Å². The van der Waals surface area contributed by atoms with Crippen molar-refractivity contribution in [2.45, 2.75) is 0 Å². The van der Waals surface area contributed by atoms with Crippen LogP contribution in [0.3, 0.4) is 0 Å². The zero-order valence-electron chi connectivity index (χ0n) is 14.8. The van der Waals surface area contributed by atoms with Crippen molar-refractivity contribution < 1.29 is 23.4 Å². The SMILES string of the molecule is COc1cc(NC(=O)c2ccc3oc(=O)n(C)c3c2)cc(OC)c1OC. The van der Waals surface area contributed by atoms with Crippen molar-refractivity contribution in [2.24, 2.45) is 7.05 Å². The lowest BCUT2D eigenvalue weighted by Crippen LogP contribution is -2.13. The number of benzene rings is 2. The Morgan fingerprint density at radius 1 is 1.04 bits per heavy atom. The van der Waals surface area contributed by atoms with Crippen molar-refractivity contribution in [3.8, 4) is 17.2 Å². The number of aromatic nitrogens is 1. The number of carbonyl (C=O) groups excluding carboxylic acids is 1. The van der Waals surface area contributed by atoms with Gasteiger partial charge in [0.15, 0.2) is 17.1 Å². The van der Waals surface area contributed by atoms with Gasteiger partial charge in [0.25, 0.3) is 5.91 Å². The van der Waals surface area contributed by atoms with Crippen LogP contribution in [-0.2, 0) is 7.05 Å². The third-order valence-corrected chi connectivity index (χ3v) is 3.98. The number of amides is 1. The number of aryl methyl sites for hydroxylation is 1. The quantitative estimate of drug-likeness (QED) is 0.753. The van der Waals surface area contributed by atoms with Crippen molar-refractivity contribution in [1.29, 1.82) is 0 Å². The van der Waals surface area contributed by atoms with Gasteiger partial charge in [-0.2, -0.15) is 0 Å². The van der Waals surface area contributed by atoms with Crippen LogP contribution in [0.4, 0.5) is 5.69 Å². The maximum atomic E-state index is 12.6. The lowest BCUT2D eigenvalue weighted by atomic mass is 10.1. The number of nitrogens with one attached hydrogen (secondary N) is 1. The predicted octanol–water partition coefficient (Wildman–Crippen LogP) is 2.41. The van der Waals surface area contributed by atoms with E-state index in [2.05, 4.69) is 5.32 Å². The molecule has 1 amide bonds. The molecule has 0 atom stereocenters. The first kappa shape index (κ1) is 17.4. The van der Waals surface area contributed by atoms with E-state index in [1.54, 1.807) is 37.4 Å². The minimum atomic E-state index is -0.484. The zero-order valence-corrected chi connectivity index (χ0v) is 14.8. The van der Waals surface area contributed by atoms with Crippen LogP contribution in [0.5, 0.6) is 17.2 Å². The van der Waals surface area contributed by atoms with Crippen LogP contribution in [0, 0.1) is 0 Å². The second-order valence-electron chi connectivity index (χ2n) is 5.48. The highest BCUT2D eigenvalue weighted by molar-refractivity contribution is 6.06. The van der Waals surface area contributed by atoms with E-state index < -0.39 is 5.76 Å². The van der Waals surface area contributed by atoms with E-state index in [-0.39, 0.29) is 5.91 Å². The van der Waals surface area contributed by atoms with Gasteiger partial charge in [-0.05, 0) is 18.2 Å². The molecule has 0 fully saturated rings. The highest BCUT2D eigenvalue weighted by atomic mass is 16.5. The number of rotatable bonds is 5. The van der Waals surface area contributed by atoms with Gasteiger partial charge in [0.2, 0.25) is 5.75 Å². The van der Waals surface area contributed by atoms with Gasteiger partial charge < -0.3 is 23.9 Å². The topological polar surface area (TPSA) is 91.9 Å². The summed E-state index contributed by atoms with van der Waals surface area (Å²) in [5.74, 6) is 0.449. The Labute approximate surface area is 148 Å². The molecular weight excluding hydrogens is 340 g/mol. The highest BCUT2D eigenvalue weighted by Gasteiger charge is 2.16. The summed E-state index contributed by atoms with van der Waals surface area (Å²) in [7, 11) is 6.07. The van der Waals surface area contributed by atoms with E-state index in [0.29, 0.717) is 39.6 Å². The van der Waals surface area contributed by atoms with Crippen LogP contribution >= 0.6 is 0 Å². The van der Waals surface area contributed by atoms with Crippen LogP contribution in [-0.4, -0.2) is 31.8 Å². The number of nitrogens with zero attached hydrogens (tertiary/aromatic N) is 1. The summed E-state index contributed by atoms with van der Waals surface area (Å²) in [6, 6.07) is 8.02. The minimum Gasteiger partial charge on any atom is -0.493 e. The molecule has 8 nitrogen and oxygen atoms in total. The Bertz CT molecular complexity index is 1010. The van der Waals surface area contributed by atoms with Crippen LogP contribution in [0.1, 0.15) is 10.4 Å². The van der Waals surface area contributed by atoms with E-state index in [4.69, 9.17) is 18.6 Å². The Hall–Kier alpha value is -3.42. The van der Waals surface area contributed by atoms with Crippen LogP contribution < -0.4 is 25.3 Å². The monoisotopic (exact) mass is 358 g/mol. The van der Waals surface area contributed by atoms with E-state index >= 15 is 0 Å². The third-order valence-electron chi connectivity index (χ3n) is 3.98. The molecule has 8 heteroatoms. The molecule has 0 aliphatic heterocycles. The molecule has 0 spiro atoms. The number of hydrogen-bond donors (Lipinski definition) is 1. The first-order valence-corrected chi connectivity index (χ1v) is 7.69. The van der Waals surface area contributed by atoms with Gasteiger partial charge in [-0.25, -0.2) is 4.79 Å². The lowest BCUT2D eigenvalue weighted by Gasteiger charge is -2.14. The summed E-state index contributed by atoms with van der Waals surface area (Å²) in [6.07, 6.45) is 0. The number of carbonyl (C=O) groups is 1. The minimum absolute atomic E-state index is 0.352. The van der Waals surface area contributed by atoms with Crippen molar-refractivity contribution in [1.82, 2.24) is 4.57 Å². The summed E-state index contributed by atoms with van der Waals surface area (Å²) in [4.78, 5) is 24.2. The number of fused-ring (bicyclic) bond motifs is 1. The van der Waals surface area contributed by atoms with Crippen LogP contribution in [0.2, 0.25) is 0 Å². The smallest absolute Gasteiger partial charge is 0.419 e. The Kier molecular flexibility index (Phi) is 4.57. The van der Waals surface area contributed by atoms with E-state index in [1.165, 1.54) is 25.9 Å². The largest absolute Gasteiger partial charge is 0.493 e. The molecule has 3 aromatic rings. The van der Waals surface area contributed by atoms with Gasteiger partial charge in [0.1, 0.15) is 0 Å². The molecule has 0 bridgehead atoms. The molecule has 1 aromatic heterocycles. The molecule has 0 radical (unpaired) electrons. The first-order valence-electron chi connectivity index (χ1n) is 7.69. The third kappa shape index (κ3) is 2.97. The number of ether oxygens (including phenoxy) is 3. The van der Waals surface area contributed by atoms with Gasteiger partial charge in [-0.15, -0.1) is 0 Å². The lowest BCUT2D eigenvalue weighted by molar-refractivity contribution is 0.102. The average Bonchev–Trinajstić information content (AvgIpc) is 2.94.